The maximum absolute atomic E-state index is 13.6. The number of carbonyl (C=O) groups excluding carboxylic acids is 1. The molecule has 0 heterocycles. The Morgan fingerprint density at radius 3 is 2.74 bits per heavy atom. The van der Waals surface area contributed by atoms with E-state index in [1.807, 2.05) is 24.9 Å². The fraction of sp³-hybridized carbons (Fsp3) is 0.500. The van der Waals surface area contributed by atoms with Gasteiger partial charge < -0.3 is 9.47 Å². The molecule has 0 radical (unpaired) electrons. The van der Waals surface area contributed by atoms with E-state index in [2.05, 4.69) is 4.74 Å². The molecule has 0 spiro atoms. The van der Waals surface area contributed by atoms with Crippen molar-refractivity contribution in [1.82, 2.24) is 4.90 Å². The number of rotatable bonds is 7. The average molecular weight is 269 g/mol. The predicted molar refractivity (Wildman–Crippen MR) is 70.8 cm³/mol. The Morgan fingerprint density at radius 2 is 2.16 bits per heavy atom. The Labute approximate surface area is 113 Å². The van der Waals surface area contributed by atoms with Gasteiger partial charge in [-0.1, -0.05) is 6.07 Å². The highest BCUT2D eigenvalue weighted by Crippen LogP contribution is 2.18. The standard InChI is InChI=1S/C14H20FNO3/c1-4-19-13-6-5-11(9-12(13)15)7-8-16(2)10-14(17)18-3/h5-6,9H,4,7-8,10H2,1-3H3. The van der Waals surface area contributed by atoms with E-state index in [1.165, 1.54) is 13.2 Å². The Balaban J connectivity index is 2.49. The Bertz CT molecular complexity index is 423. The van der Waals surface area contributed by atoms with Crippen LogP contribution in [0.5, 0.6) is 5.75 Å². The number of nitrogens with zero attached hydrogens (tertiary/aromatic N) is 1. The minimum absolute atomic E-state index is 0.232. The van der Waals surface area contributed by atoms with Crippen LogP contribution in [0.4, 0.5) is 4.39 Å². The van der Waals surface area contributed by atoms with E-state index < -0.39 is 0 Å². The number of methoxy groups -OCH3 is 1. The van der Waals surface area contributed by atoms with Gasteiger partial charge in [0.05, 0.1) is 20.3 Å². The van der Waals surface area contributed by atoms with E-state index >= 15 is 0 Å². The highest BCUT2D eigenvalue weighted by atomic mass is 19.1. The minimum atomic E-state index is -0.352. The highest BCUT2D eigenvalue weighted by molar-refractivity contribution is 5.71. The number of esters is 1. The van der Waals surface area contributed by atoms with E-state index in [1.54, 1.807) is 6.07 Å². The van der Waals surface area contributed by atoms with Gasteiger partial charge in [0, 0.05) is 6.54 Å². The van der Waals surface area contributed by atoms with Crippen LogP contribution in [0.1, 0.15) is 12.5 Å². The molecule has 0 saturated heterocycles. The average Bonchev–Trinajstić information content (AvgIpc) is 2.39. The first-order valence-electron chi connectivity index (χ1n) is 6.23. The first kappa shape index (κ1) is 15.4. The molecule has 0 saturated carbocycles. The summed E-state index contributed by atoms with van der Waals surface area (Å²) >= 11 is 0. The summed E-state index contributed by atoms with van der Waals surface area (Å²) < 4.78 is 23.3. The molecule has 0 aliphatic carbocycles. The lowest BCUT2D eigenvalue weighted by Crippen LogP contribution is -2.28. The van der Waals surface area contributed by atoms with Crippen LogP contribution >= 0.6 is 0 Å². The molecule has 0 aromatic heterocycles. The zero-order chi connectivity index (χ0) is 14.3. The van der Waals surface area contributed by atoms with Crippen molar-refractivity contribution >= 4 is 5.97 Å². The van der Waals surface area contributed by atoms with Crippen LogP contribution in [-0.2, 0) is 16.0 Å². The summed E-state index contributed by atoms with van der Waals surface area (Å²) in [5, 5.41) is 0. The number of halogens is 1. The quantitative estimate of drug-likeness (QED) is 0.708. The summed E-state index contributed by atoms with van der Waals surface area (Å²) in [4.78, 5) is 12.9. The van der Waals surface area contributed by atoms with Gasteiger partial charge >= 0.3 is 5.97 Å². The van der Waals surface area contributed by atoms with Crippen LogP contribution < -0.4 is 4.74 Å². The molecule has 1 aromatic rings. The van der Waals surface area contributed by atoms with Gasteiger partial charge in [-0.2, -0.15) is 0 Å². The monoisotopic (exact) mass is 269 g/mol. The normalized spacial score (nSPS) is 10.6. The topological polar surface area (TPSA) is 38.8 Å². The molecular formula is C14H20FNO3. The molecule has 106 valence electrons. The fourth-order valence-electron chi connectivity index (χ4n) is 1.66. The lowest BCUT2D eigenvalue weighted by Gasteiger charge is -2.15. The third-order valence-corrected chi connectivity index (χ3v) is 2.71. The Kier molecular flexibility index (Phi) is 6.29. The Hall–Kier alpha value is -1.62. The zero-order valence-electron chi connectivity index (χ0n) is 11.6. The van der Waals surface area contributed by atoms with Gasteiger partial charge in [0.15, 0.2) is 11.6 Å². The molecule has 0 atom stereocenters. The van der Waals surface area contributed by atoms with Crippen LogP contribution in [0.25, 0.3) is 0 Å². The number of carbonyl (C=O) groups is 1. The molecular weight excluding hydrogens is 249 g/mol. The maximum atomic E-state index is 13.6. The van der Waals surface area contributed by atoms with Gasteiger partial charge in [0.25, 0.3) is 0 Å². The fourth-order valence-corrected chi connectivity index (χ4v) is 1.66. The van der Waals surface area contributed by atoms with Gasteiger partial charge in [-0.25, -0.2) is 4.39 Å². The molecule has 0 bridgehead atoms. The molecule has 0 N–H and O–H groups in total. The van der Waals surface area contributed by atoms with Gasteiger partial charge in [-0.3, -0.25) is 9.69 Å². The summed E-state index contributed by atoms with van der Waals surface area (Å²) in [5.74, 6) is -0.357. The number of likely N-dealkylation sites (N-methyl/N-ethyl adjacent to an activating group) is 1. The van der Waals surface area contributed by atoms with Gasteiger partial charge in [0.2, 0.25) is 0 Å². The summed E-state index contributed by atoms with van der Waals surface area (Å²) in [6, 6.07) is 4.94. The second kappa shape index (κ2) is 7.74. The largest absolute Gasteiger partial charge is 0.491 e. The number of hydrogen-bond donors (Lipinski definition) is 0. The second-order valence-corrected chi connectivity index (χ2v) is 4.26. The maximum Gasteiger partial charge on any atom is 0.319 e. The summed E-state index contributed by atoms with van der Waals surface area (Å²) in [7, 11) is 3.18. The number of benzene rings is 1. The SMILES string of the molecule is CCOc1ccc(CCN(C)CC(=O)OC)cc1F. The van der Waals surface area contributed by atoms with Crippen LogP contribution in [0.15, 0.2) is 18.2 Å². The van der Waals surface area contributed by atoms with E-state index in [4.69, 9.17) is 4.74 Å². The molecule has 0 fully saturated rings. The third-order valence-electron chi connectivity index (χ3n) is 2.71. The van der Waals surface area contributed by atoms with Crippen molar-refractivity contribution in [2.24, 2.45) is 0 Å². The van der Waals surface area contributed by atoms with Crippen molar-refractivity contribution < 1.29 is 18.7 Å². The van der Waals surface area contributed by atoms with E-state index in [0.29, 0.717) is 19.6 Å². The first-order valence-corrected chi connectivity index (χ1v) is 6.23. The van der Waals surface area contributed by atoms with Crippen molar-refractivity contribution in [2.75, 3.05) is 33.9 Å². The van der Waals surface area contributed by atoms with Crippen molar-refractivity contribution in [1.29, 1.82) is 0 Å². The molecule has 0 unspecified atom stereocenters. The molecule has 19 heavy (non-hydrogen) atoms. The predicted octanol–water partition coefficient (Wildman–Crippen LogP) is 1.87. The minimum Gasteiger partial charge on any atom is -0.491 e. The van der Waals surface area contributed by atoms with E-state index in [-0.39, 0.29) is 24.1 Å². The summed E-state index contributed by atoms with van der Waals surface area (Å²) in [5.41, 5.74) is 0.873. The first-order chi connectivity index (χ1) is 9.06. The van der Waals surface area contributed by atoms with Gasteiger partial charge in [0.1, 0.15) is 0 Å². The molecule has 0 amide bonds. The smallest absolute Gasteiger partial charge is 0.319 e. The van der Waals surface area contributed by atoms with E-state index in [0.717, 1.165) is 5.56 Å². The molecule has 1 rings (SSSR count). The highest BCUT2D eigenvalue weighted by Gasteiger charge is 2.08. The molecule has 1 aromatic carbocycles. The second-order valence-electron chi connectivity index (χ2n) is 4.26. The molecule has 0 aliphatic rings. The van der Waals surface area contributed by atoms with Crippen LogP contribution in [0.2, 0.25) is 0 Å². The lowest BCUT2D eigenvalue weighted by atomic mass is 10.1. The number of hydrogen-bond acceptors (Lipinski definition) is 4. The van der Waals surface area contributed by atoms with Crippen molar-refractivity contribution in [2.45, 2.75) is 13.3 Å². The molecule has 0 aliphatic heterocycles. The van der Waals surface area contributed by atoms with Gasteiger partial charge in [-0.05, 0) is 38.1 Å². The van der Waals surface area contributed by atoms with Crippen LogP contribution in [0, 0.1) is 5.82 Å². The molecule has 5 heteroatoms. The summed E-state index contributed by atoms with van der Waals surface area (Å²) in [6.07, 6.45) is 0.664. The lowest BCUT2D eigenvalue weighted by molar-refractivity contribution is -0.141. The van der Waals surface area contributed by atoms with Gasteiger partial charge in [-0.15, -0.1) is 0 Å². The third kappa shape index (κ3) is 5.26. The van der Waals surface area contributed by atoms with Crippen LogP contribution in [-0.4, -0.2) is 44.7 Å². The van der Waals surface area contributed by atoms with E-state index in [9.17, 15) is 9.18 Å². The summed E-state index contributed by atoms with van der Waals surface area (Å²) in [6.45, 7) is 3.14. The van der Waals surface area contributed by atoms with Crippen LogP contribution in [0.3, 0.4) is 0 Å². The van der Waals surface area contributed by atoms with Crippen molar-refractivity contribution in [3.05, 3.63) is 29.6 Å². The van der Waals surface area contributed by atoms with Crippen molar-refractivity contribution in [3.63, 3.8) is 0 Å². The Morgan fingerprint density at radius 1 is 1.42 bits per heavy atom. The number of ether oxygens (including phenoxy) is 2. The molecule has 4 nitrogen and oxygen atoms in total. The zero-order valence-corrected chi connectivity index (χ0v) is 11.6. The van der Waals surface area contributed by atoms with Crippen molar-refractivity contribution in [3.8, 4) is 5.75 Å².